The Morgan fingerprint density at radius 3 is 2.48 bits per heavy atom. The maximum Gasteiger partial charge on any atom is 0.322 e. The van der Waals surface area contributed by atoms with Gasteiger partial charge in [0.25, 0.3) is 0 Å². The lowest BCUT2D eigenvalue weighted by molar-refractivity contribution is -0.133. The van der Waals surface area contributed by atoms with Crippen LogP contribution in [-0.2, 0) is 17.8 Å². The van der Waals surface area contributed by atoms with Crippen molar-refractivity contribution in [1.82, 2.24) is 30.2 Å². The average molecular weight is 657 g/mol. The zero-order valence-corrected chi connectivity index (χ0v) is 26.7. The maximum atomic E-state index is 14.4. The highest BCUT2D eigenvalue weighted by atomic mass is 19.1. The smallest absolute Gasteiger partial charge is 0.322 e. The van der Waals surface area contributed by atoms with Crippen molar-refractivity contribution in [1.29, 1.82) is 0 Å². The minimum absolute atomic E-state index is 0.113. The number of hydrogen-bond acceptors (Lipinski definition) is 5. The van der Waals surface area contributed by atoms with E-state index < -0.39 is 11.9 Å². The second-order valence-electron chi connectivity index (χ2n) is 12.8. The van der Waals surface area contributed by atoms with E-state index in [0.717, 1.165) is 27.6 Å². The van der Waals surface area contributed by atoms with Crippen LogP contribution in [0.2, 0.25) is 0 Å². The Morgan fingerprint density at radius 2 is 1.71 bits per heavy atom. The Morgan fingerprint density at radius 1 is 0.958 bits per heavy atom. The number of benzene rings is 3. The van der Waals surface area contributed by atoms with Gasteiger partial charge in [0, 0.05) is 63.7 Å². The standard InChI is InChI=1S/C35H38F2N8O3/c1-22-17-23(18-25-20-38-41-31(22)25)19-29(33(46)43-15-13-42(14-16-43)30-8-3-2-6-27(30)36)39-34(47)44-11-9-26(10-12-44)45-21-24-5-4-7-28(37)32(24)40-35(45)48/h2-8,17-18,20,26,29H,9-16,19,21H2,1H3,(H,38,41)(H,39,47)(H,40,48). The second-order valence-corrected chi connectivity index (χ2v) is 12.8. The molecule has 0 spiro atoms. The number of carbonyl (C=O) groups excluding carboxylic acids is 3. The molecule has 3 aromatic carbocycles. The van der Waals surface area contributed by atoms with E-state index in [0.29, 0.717) is 70.8 Å². The first-order valence-electron chi connectivity index (χ1n) is 16.4. The summed E-state index contributed by atoms with van der Waals surface area (Å²) in [6.45, 7) is 4.83. The summed E-state index contributed by atoms with van der Waals surface area (Å²) in [5, 5.41) is 13.8. The number of aromatic amines is 1. The second kappa shape index (κ2) is 13.1. The molecule has 3 aliphatic rings. The fourth-order valence-electron chi connectivity index (χ4n) is 7.15. The zero-order chi connectivity index (χ0) is 33.4. The number of H-pyrrole nitrogens is 1. The number of piperidine rings is 1. The number of halogens is 2. The van der Waals surface area contributed by atoms with Crippen molar-refractivity contribution in [2.75, 3.05) is 49.5 Å². The van der Waals surface area contributed by atoms with Crippen molar-refractivity contribution >= 4 is 40.2 Å². The van der Waals surface area contributed by atoms with Gasteiger partial charge in [-0.15, -0.1) is 0 Å². The quantitative estimate of drug-likeness (QED) is 0.280. The van der Waals surface area contributed by atoms with Gasteiger partial charge in [0.15, 0.2) is 0 Å². The van der Waals surface area contributed by atoms with E-state index in [-0.39, 0.29) is 35.5 Å². The minimum Gasteiger partial charge on any atom is -0.366 e. The number of para-hydroxylation sites is 2. The van der Waals surface area contributed by atoms with Gasteiger partial charge in [-0.1, -0.05) is 30.3 Å². The Balaban J connectivity index is 1.02. The molecule has 1 aromatic heterocycles. The van der Waals surface area contributed by atoms with Crippen molar-refractivity contribution in [3.05, 3.63) is 89.1 Å². The molecule has 0 bridgehead atoms. The highest BCUT2D eigenvalue weighted by Gasteiger charge is 2.35. The van der Waals surface area contributed by atoms with Crippen LogP contribution in [0.15, 0.2) is 60.8 Å². The Bertz CT molecular complexity index is 1850. The lowest BCUT2D eigenvalue weighted by atomic mass is 9.99. The number of carbonyl (C=O) groups is 3. The normalized spacial score (nSPS) is 17.7. The van der Waals surface area contributed by atoms with Crippen LogP contribution in [-0.4, -0.2) is 94.2 Å². The minimum atomic E-state index is -0.821. The number of aromatic nitrogens is 2. The van der Waals surface area contributed by atoms with Crippen molar-refractivity contribution in [2.24, 2.45) is 0 Å². The fraction of sp³-hybridized carbons (Fsp3) is 0.371. The summed E-state index contributed by atoms with van der Waals surface area (Å²) < 4.78 is 28.7. The number of fused-ring (bicyclic) bond motifs is 2. The zero-order valence-electron chi connectivity index (χ0n) is 26.7. The molecule has 2 saturated heterocycles. The number of nitrogens with one attached hydrogen (secondary N) is 3. The van der Waals surface area contributed by atoms with E-state index in [1.54, 1.807) is 51.2 Å². The van der Waals surface area contributed by atoms with E-state index in [4.69, 9.17) is 0 Å². The summed E-state index contributed by atoms with van der Waals surface area (Å²) in [6.07, 6.45) is 3.14. The molecule has 2 fully saturated rings. The monoisotopic (exact) mass is 656 g/mol. The predicted molar refractivity (Wildman–Crippen MR) is 178 cm³/mol. The summed E-state index contributed by atoms with van der Waals surface area (Å²) in [4.78, 5) is 47.7. The molecule has 0 saturated carbocycles. The van der Waals surface area contributed by atoms with E-state index >= 15 is 0 Å². The molecule has 250 valence electrons. The van der Waals surface area contributed by atoms with Crippen LogP contribution in [0.25, 0.3) is 10.9 Å². The molecular formula is C35H38F2N8O3. The van der Waals surface area contributed by atoms with Gasteiger partial charge in [0.2, 0.25) is 5.91 Å². The van der Waals surface area contributed by atoms with Gasteiger partial charge < -0.3 is 30.2 Å². The third-order valence-electron chi connectivity index (χ3n) is 9.75. The third-order valence-corrected chi connectivity index (χ3v) is 9.75. The molecule has 4 aromatic rings. The SMILES string of the molecule is Cc1cc(CC(NC(=O)N2CCC(N3Cc4cccc(F)c4NC3=O)CC2)C(=O)N2CCN(c3ccccc3F)CC2)cc2cn[nH]c12. The van der Waals surface area contributed by atoms with Gasteiger partial charge in [0.05, 0.1) is 23.1 Å². The summed E-state index contributed by atoms with van der Waals surface area (Å²) in [5.74, 6) is -0.939. The molecule has 3 N–H and O–H groups in total. The predicted octanol–water partition coefficient (Wildman–Crippen LogP) is 4.63. The summed E-state index contributed by atoms with van der Waals surface area (Å²) in [5.41, 5.74) is 4.27. The molecule has 11 nitrogen and oxygen atoms in total. The number of hydrogen-bond donors (Lipinski definition) is 3. The van der Waals surface area contributed by atoms with Crippen LogP contribution in [0.4, 0.5) is 29.7 Å². The number of rotatable bonds is 6. The van der Waals surface area contributed by atoms with Gasteiger partial charge in [0.1, 0.15) is 17.7 Å². The van der Waals surface area contributed by atoms with E-state index in [2.05, 4.69) is 20.8 Å². The molecule has 48 heavy (non-hydrogen) atoms. The first-order chi connectivity index (χ1) is 23.2. The van der Waals surface area contributed by atoms with Crippen LogP contribution in [0.5, 0.6) is 0 Å². The summed E-state index contributed by atoms with van der Waals surface area (Å²) in [7, 11) is 0. The van der Waals surface area contributed by atoms with Gasteiger partial charge in [-0.2, -0.15) is 5.10 Å². The first-order valence-corrected chi connectivity index (χ1v) is 16.4. The molecule has 0 aliphatic carbocycles. The van der Waals surface area contributed by atoms with Crippen LogP contribution in [0.3, 0.4) is 0 Å². The Labute approximate surface area is 276 Å². The lowest BCUT2D eigenvalue weighted by Gasteiger charge is -2.41. The number of anilines is 2. The number of piperazine rings is 1. The molecule has 1 atom stereocenters. The van der Waals surface area contributed by atoms with E-state index in [9.17, 15) is 23.2 Å². The van der Waals surface area contributed by atoms with Gasteiger partial charge >= 0.3 is 12.1 Å². The molecule has 13 heteroatoms. The van der Waals surface area contributed by atoms with Gasteiger partial charge in [-0.3, -0.25) is 9.89 Å². The number of amides is 5. The molecule has 7 rings (SSSR count). The molecule has 3 aliphatic heterocycles. The molecule has 5 amide bonds. The fourth-order valence-corrected chi connectivity index (χ4v) is 7.15. The highest BCUT2D eigenvalue weighted by molar-refractivity contribution is 5.93. The van der Waals surface area contributed by atoms with Crippen LogP contribution >= 0.6 is 0 Å². The summed E-state index contributed by atoms with van der Waals surface area (Å²) in [6, 6.07) is 13.7. The first kappa shape index (κ1) is 31.4. The van der Waals surface area contributed by atoms with Crippen molar-refractivity contribution in [2.45, 2.75) is 44.8 Å². The summed E-state index contributed by atoms with van der Waals surface area (Å²) >= 11 is 0. The number of urea groups is 2. The van der Waals surface area contributed by atoms with Crippen molar-refractivity contribution in [3.63, 3.8) is 0 Å². The third kappa shape index (κ3) is 6.24. The van der Waals surface area contributed by atoms with Gasteiger partial charge in [-0.25, -0.2) is 18.4 Å². The van der Waals surface area contributed by atoms with E-state index in [1.165, 1.54) is 12.1 Å². The maximum absolute atomic E-state index is 14.4. The van der Waals surface area contributed by atoms with Crippen LogP contribution < -0.4 is 15.5 Å². The molecular weight excluding hydrogens is 618 g/mol. The largest absolute Gasteiger partial charge is 0.366 e. The number of likely N-dealkylation sites (tertiary alicyclic amines) is 1. The Hall–Kier alpha value is -5.20. The van der Waals surface area contributed by atoms with Gasteiger partial charge in [-0.05, 0) is 60.7 Å². The molecule has 0 radical (unpaired) electrons. The Kier molecular flexibility index (Phi) is 8.59. The van der Waals surface area contributed by atoms with Crippen molar-refractivity contribution in [3.8, 4) is 0 Å². The van der Waals surface area contributed by atoms with Crippen LogP contribution in [0, 0.1) is 18.6 Å². The van der Waals surface area contributed by atoms with Crippen LogP contribution in [0.1, 0.15) is 29.5 Å². The lowest BCUT2D eigenvalue weighted by Crippen LogP contribution is -2.58. The number of nitrogens with zero attached hydrogens (tertiary/aromatic N) is 5. The highest BCUT2D eigenvalue weighted by Crippen LogP contribution is 2.30. The molecule has 1 unspecified atom stereocenters. The molecule has 4 heterocycles. The number of aryl methyl sites for hydroxylation is 1. The van der Waals surface area contributed by atoms with Crippen molar-refractivity contribution < 1.29 is 23.2 Å². The topological polar surface area (TPSA) is 117 Å². The van der Waals surface area contributed by atoms with E-state index in [1.807, 2.05) is 24.0 Å². The average Bonchev–Trinajstić information content (AvgIpc) is 3.58.